The van der Waals surface area contributed by atoms with E-state index in [-0.39, 0.29) is 11.5 Å². The largest absolute Gasteiger partial charge is 0.478 e. The second kappa shape index (κ2) is 7.84. The van der Waals surface area contributed by atoms with Crippen LogP contribution in [0.4, 0.5) is 0 Å². The van der Waals surface area contributed by atoms with Crippen molar-refractivity contribution in [2.45, 2.75) is 20.8 Å². The maximum Gasteiger partial charge on any atom is 0.335 e. The number of hydrogen-bond acceptors (Lipinski definition) is 5. The lowest BCUT2D eigenvalue weighted by molar-refractivity contribution is -0.122. The number of rotatable bonds is 5. The Balaban J connectivity index is 1.92. The fourth-order valence-corrected chi connectivity index (χ4v) is 3.85. The molecule has 0 radical (unpaired) electrons. The van der Waals surface area contributed by atoms with Crippen LogP contribution >= 0.6 is 11.8 Å². The van der Waals surface area contributed by atoms with E-state index in [2.05, 4.69) is 4.99 Å². The van der Waals surface area contributed by atoms with Gasteiger partial charge >= 0.3 is 5.97 Å². The van der Waals surface area contributed by atoms with Gasteiger partial charge in [-0.1, -0.05) is 6.07 Å². The Hall–Kier alpha value is -2.80. The zero-order chi connectivity index (χ0) is 19.6. The first-order valence-electron chi connectivity index (χ1n) is 8.64. The van der Waals surface area contributed by atoms with E-state index in [1.807, 2.05) is 20.8 Å². The summed E-state index contributed by atoms with van der Waals surface area (Å²) in [6, 6.07) is 8.46. The quantitative estimate of drug-likeness (QED) is 0.779. The molecule has 0 aliphatic carbocycles. The Bertz CT molecular complexity index is 959. The highest BCUT2D eigenvalue weighted by Crippen LogP contribution is 2.34. The standard InChI is InChI=1S/C20H20N2O4S/c1-4-21-20-22(5-2)18(23)17(27-20)11-14-8-9-16(26-14)15-10-13(19(24)25)7-6-12(15)3/h6-11H,4-5H2,1-3H3,(H,24,25)/b17-11+,21-20?. The first-order valence-corrected chi connectivity index (χ1v) is 9.46. The monoisotopic (exact) mass is 384 g/mol. The van der Waals surface area contributed by atoms with E-state index in [4.69, 9.17) is 4.42 Å². The van der Waals surface area contributed by atoms with Crippen LogP contribution in [0, 0.1) is 6.92 Å². The van der Waals surface area contributed by atoms with Crippen molar-refractivity contribution in [2.75, 3.05) is 13.1 Å². The zero-order valence-electron chi connectivity index (χ0n) is 15.4. The lowest BCUT2D eigenvalue weighted by Gasteiger charge is -2.11. The maximum atomic E-state index is 12.5. The van der Waals surface area contributed by atoms with Gasteiger partial charge in [0, 0.05) is 24.7 Å². The van der Waals surface area contributed by atoms with Gasteiger partial charge in [-0.2, -0.15) is 0 Å². The molecule has 0 bridgehead atoms. The summed E-state index contributed by atoms with van der Waals surface area (Å²) >= 11 is 1.34. The average Bonchev–Trinajstić information content (AvgIpc) is 3.21. The molecule has 1 aliphatic rings. The van der Waals surface area contributed by atoms with Crippen molar-refractivity contribution in [1.82, 2.24) is 4.90 Å². The molecule has 0 spiro atoms. The first-order chi connectivity index (χ1) is 12.9. The van der Waals surface area contributed by atoms with Crippen LogP contribution in [0.15, 0.2) is 44.6 Å². The van der Waals surface area contributed by atoms with Crippen molar-refractivity contribution in [3.63, 3.8) is 0 Å². The van der Waals surface area contributed by atoms with Gasteiger partial charge in [-0.25, -0.2) is 4.79 Å². The molecule has 0 unspecified atom stereocenters. The molecule has 6 nitrogen and oxygen atoms in total. The highest BCUT2D eigenvalue weighted by molar-refractivity contribution is 8.18. The van der Waals surface area contributed by atoms with Crippen molar-refractivity contribution in [3.05, 3.63) is 52.1 Å². The number of carboxylic acid groups (broad SMARTS) is 1. The number of aliphatic imine (C=N–C) groups is 1. The number of carbonyl (C=O) groups excluding carboxylic acids is 1. The molecule has 2 heterocycles. The van der Waals surface area contributed by atoms with Crippen LogP contribution in [0.1, 0.15) is 35.5 Å². The minimum Gasteiger partial charge on any atom is -0.478 e. The minimum atomic E-state index is -0.986. The van der Waals surface area contributed by atoms with Crippen LogP contribution in [-0.2, 0) is 4.79 Å². The van der Waals surface area contributed by atoms with E-state index in [1.54, 1.807) is 41.3 Å². The van der Waals surface area contributed by atoms with Crippen molar-refractivity contribution in [2.24, 2.45) is 4.99 Å². The third kappa shape index (κ3) is 3.83. The van der Waals surface area contributed by atoms with E-state index in [0.717, 1.165) is 5.56 Å². The molecule has 7 heteroatoms. The molecule has 1 fully saturated rings. The number of furan rings is 1. The summed E-state index contributed by atoms with van der Waals surface area (Å²) in [6.07, 6.45) is 1.70. The van der Waals surface area contributed by atoms with Crippen LogP contribution < -0.4 is 0 Å². The van der Waals surface area contributed by atoms with Gasteiger partial charge in [-0.3, -0.25) is 14.7 Å². The molecule has 27 heavy (non-hydrogen) atoms. The lowest BCUT2D eigenvalue weighted by Crippen LogP contribution is -2.28. The third-order valence-corrected chi connectivity index (χ3v) is 5.19. The number of amidine groups is 1. The molecule has 1 aromatic heterocycles. The van der Waals surface area contributed by atoms with Gasteiger partial charge in [0.1, 0.15) is 11.5 Å². The van der Waals surface area contributed by atoms with Gasteiger partial charge in [0.15, 0.2) is 5.17 Å². The SMILES string of the molecule is CCN=C1S/C(=C/c2ccc(-c3cc(C(=O)O)ccc3C)o2)C(=O)N1CC. The van der Waals surface area contributed by atoms with Gasteiger partial charge < -0.3 is 9.52 Å². The highest BCUT2D eigenvalue weighted by Gasteiger charge is 2.32. The molecule has 2 aromatic rings. The second-order valence-corrected chi connectivity index (χ2v) is 6.96. The van der Waals surface area contributed by atoms with Crippen molar-refractivity contribution >= 4 is 34.9 Å². The summed E-state index contributed by atoms with van der Waals surface area (Å²) in [4.78, 5) is 30.3. The number of benzene rings is 1. The molecule has 1 N–H and O–H groups in total. The van der Waals surface area contributed by atoms with E-state index in [1.165, 1.54) is 11.8 Å². The van der Waals surface area contributed by atoms with E-state index in [0.29, 0.717) is 40.2 Å². The maximum absolute atomic E-state index is 12.5. The molecular formula is C20H20N2O4S. The van der Waals surface area contributed by atoms with E-state index < -0.39 is 5.97 Å². The predicted octanol–water partition coefficient (Wildman–Crippen LogP) is 4.27. The summed E-state index contributed by atoms with van der Waals surface area (Å²) in [5, 5.41) is 9.89. The van der Waals surface area contributed by atoms with Crippen LogP contribution in [0.5, 0.6) is 0 Å². The smallest absolute Gasteiger partial charge is 0.335 e. The summed E-state index contributed by atoms with van der Waals surface area (Å²) in [6.45, 7) is 6.91. The molecular weight excluding hydrogens is 364 g/mol. The highest BCUT2D eigenvalue weighted by atomic mass is 32.2. The van der Waals surface area contributed by atoms with Crippen molar-refractivity contribution in [1.29, 1.82) is 0 Å². The number of carbonyl (C=O) groups is 2. The van der Waals surface area contributed by atoms with E-state index >= 15 is 0 Å². The Morgan fingerprint density at radius 1 is 1.30 bits per heavy atom. The molecule has 3 rings (SSSR count). The van der Waals surface area contributed by atoms with Gasteiger partial charge in [0.05, 0.1) is 10.5 Å². The molecule has 1 aromatic carbocycles. The molecule has 1 aliphatic heterocycles. The summed E-state index contributed by atoms with van der Waals surface area (Å²) in [5.41, 5.74) is 1.83. The number of likely N-dealkylation sites (N-methyl/N-ethyl adjacent to an activating group) is 1. The Morgan fingerprint density at radius 2 is 2.07 bits per heavy atom. The minimum absolute atomic E-state index is 0.0864. The summed E-state index contributed by atoms with van der Waals surface area (Å²) < 4.78 is 5.87. The molecule has 1 saturated heterocycles. The molecule has 140 valence electrons. The fourth-order valence-electron chi connectivity index (χ4n) is 2.76. The Labute approximate surface area is 161 Å². The summed E-state index contributed by atoms with van der Waals surface area (Å²) in [7, 11) is 0. The van der Waals surface area contributed by atoms with Crippen molar-refractivity contribution < 1.29 is 19.1 Å². The number of hydrogen-bond donors (Lipinski definition) is 1. The first kappa shape index (κ1) is 19.0. The topological polar surface area (TPSA) is 83.1 Å². The normalized spacial score (nSPS) is 17.3. The number of nitrogens with zero attached hydrogens (tertiary/aromatic N) is 2. The third-order valence-electron chi connectivity index (χ3n) is 4.15. The number of thioether (sulfide) groups is 1. The van der Waals surface area contributed by atoms with Crippen LogP contribution in [0.2, 0.25) is 0 Å². The number of carboxylic acids is 1. The van der Waals surface area contributed by atoms with Crippen LogP contribution in [0.25, 0.3) is 17.4 Å². The number of aromatic carboxylic acids is 1. The number of amides is 1. The summed E-state index contributed by atoms with van der Waals surface area (Å²) in [5.74, 6) is 0.0275. The fraction of sp³-hybridized carbons (Fsp3) is 0.250. The predicted molar refractivity (Wildman–Crippen MR) is 107 cm³/mol. The number of aryl methyl sites for hydroxylation is 1. The molecule has 0 saturated carbocycles. The lowest BCUT2D eigenvalue weighted by atomic mass is 10.0. The van der Waals surface area contributed by atoms with Crippen molar-refractivity contribution in [3.8, 4) is 11.3 Å². The van der Waals surface area contributed by atoms with Crippen LogP contribution in [-0.4, -0.2) is 40.1 Å². The van der Waals surface area contributed by atoms with Gasteiger partial charge in [0.25, 0.3) is 5.91 Å². The van der Waals surface area contributed by atoms with E-state index in [9.17, 15) is 14.7 Å². The Kier molecular flexibility index (Phi) is 5.51. The molecule has 0 atom stereocenters. The van der Waals surface area contributed by atoms with Gasteiger partial charge in [-0.05, 0) is 62.4 Å². The van der Waals surface area contributed by atoms with Gasteiger partial charge in [0.2, 0.25) is 0 Å². The Morgan fingerprint density at radius 3 is 2.74 bits per heavy atom. The molecule has 1 amide bonds. The second-order valence-electron chi connectivity index (χ2n) is 5.95. The zero-order valence-corrected chi connectivity index (χ0v) is 16.2. The van der Waals surface area contributed by atoms with Gasteiger partial charge in [-0.15, -0.1) is 0 Å². The average molecular weight is 384 g/mol. The van der Waals surface area contributed by atoms with Crippen LogP contribution in [0.3, 0.4) is 0 Å².